The molecule has 0 bridgehead atoms. The summed E-state index contributed by atoms with van der Waals surface area (Å²) in [6, 6.07) is 8.41. The van der Waals surface area contributed by atoms with Crippen molar-refractivity contribution >= 4 is 40.8 Å². The van der Waals surface area contributed by atoms with Gasteiger partial charge in [0.2, 0.25) is 10.7 Å². The van der Waals surface area contributed by atoms with E-state index in [2.05, 4.69) is 9.73 Å². The second-order valence-electron chi connectivity index (χ2n) is 6.93. The lowest BCUT2D eigenvalue weighted by molar-refractivity contribution is -0.163. The molecule has 0 aliphatic carbocycles. The van der Waals surface area contributed by atoms with Crippen LogP contribution in [0.5, 0.6) is 5.75 Å². The summed E-state index contributed by atoms with van der Waals surface area (Å²) in [5.41, 5.74) is -1.22. The fourth-order valence-electron chi connectivity index (χ4n) is 2.50. The fourth-order valence-corrected chi connectivity index (χ4v) is 2.59. The van der Waals surface area contributed by atoms with Gasteiger partial charge < -0.3 is 9.47 Å². The summed E-state index contributed by atoms with van der Waals surface area (Å²) in [5.74, 6) is -0.785. The predicted octanol–water partition coefficient (Wildman–Crippen LogP) is 6.91. The summed E-state index contributed by atoms with van der Waals surface area (Å²) in [6.45, 7) is 3.14. The molecule has 0 atom stereocenters. The Kier molecular flexibility index (Phi) is 8.53. The molecule has 0 unspecified atom stereocenters. The molecule has 33 heavy (non-hydrogen) atoms. The highest BCUT2D eigenvalue weighted by Gasteiger charge is 2.40. The van der Waals surface area contributed by atoms with Gasteiger partial charge in [0, 0.05) is 18.3 Å². The van der Waals surface area contributed by atoms with E-state index in [0.29, 0.717) is 0 Å². The van der Waals surface area contributed by atoms with Crippen LogP contribution in [0.4, 0.5) is 32.4 Å². The standard InChI is InChI=1S/C21H19Cl2F5N2O3/c1-12(2)32-17(15-6-4-5-7-16(15)20(24,25)26)29-19(31)30(3)13-8-10-14(11-9-13)33-21(27,28)18(22)23/h4-12,18H,1-3H3/b29-17-. The Balaban J connectivity index is 2.33. The highest BCUT2D eigenvalue weighted by atomic mass is 35.5. The van der Waals surface area contributed by atoms with Crippen molar-refractivity contribution in [3.05, 3.63) is 59.7 Å². The van der Waals surface area contributed by atoms with E-state index in [1.807, 2.05) is 0 Å². The monoisotopic (exact) mass is 512 g/mol. The van der Waals surface area contributed by atoms with Crippen molar-refractivity contribution < 1.29 is 36.2 Å². The van der Waals surface area contributed by atoms with Crippen LogP contribution in [0.25, 0.3) is 0 Å². The van der Waals surface area contributed by atoms with Crippen LogP contribution in [-0.4, -0.2) is 36.0 Å². The van der Waals surface area contributed by atoms with E-state index in [1.165, 1.54) is 31.3 Å². The molecule has 0 saturated carbocycles. The molecule has 0 aliphatic heterocycles. The molecule has 0 N–H and O–H groups in total. The molecule has 0 aliphatic rings. The van der Waals surface area contributed by atoms with Gasteiger partial charge in [0.05, 0.1) is 11.7 Å². The lowest BCUT2D eigenvalue weighted by Gasteiger charge is -2.20. The highest BCUT2D eigenvalue weighted by molar-refractivity contribution is 6.44. The van der Waals surface area contributed by atoms with Crippen LogP contribution >= 0.6 is 23.2 Å². The number of amides is 2. The first-order valence-electron chi connectivity index (χ1n) is 9.37. The smallest absolute Gasteiger partial charge is 0.428 e. The van der Waals surface area contributed by atoms with Crippen molar-refractivity contribution in [3.63, 3.8) is 0 Å². The summed E-state index contributed by atoms with van der Waals surface area (Å²) in [6.07, 6.45) is -9.12. The number of anilines is 1. The normalized spacial score (nSPS) is 12.8. The fraction of sp³-hybridized carbons (Fsp3) is 0.333. The summed E-state index contributed by atoms with van der Waals surface area (Å²) in [7, 11) is 1.30. The number of benzene rings is 2. The number of alkyl halides is 7. The van der Waals surface area contributed by atoms with E-state index in [-0.39, 0.29) is 11.4 Å². The van der Waals surface area contributed by atoms with E-state index < -0.39 is 46.3 Å². The van der Waals surface area contributed by atoms with Crippen molar-refractivity contribution in [2.75, 3.05) is 11.9 Å². The zero-order valence-corrected chi connectivity index (χ0v) is 19.1. The van der Waals surface area contributed by atoms with Crippen molar-refractivity contribution in [3.8, 4) is 5.75 Å². The topological polar surface area (TPSA) is 51.1 Å². The molecule has 0 radical (unpaired) electrons. The van der Waals surface area contributed by atoms with Gasteiger partial charge in [-0.2, -0.15) is 26.9 Å². The molecular formula is C21H19Cl2F5N2O3. The maximum absolute atomic E-state index is 13.5. The van der Waals surface area contributed by atoms with Crippen LogP contribution < -0.4 is 9.64 Å². The van der Waals surface area contributed by atoms with E-state index in [9.17, 15) is 26.7 Å². The number of rotatable bonds is 6. The zero-order chi connectivity index (χ0) is 25.0. The summed E-state index contributed by atoms with van der Waals surface area (Å²) < 4.78 is 77.1. The molecule has 2 aromatic carbocycles. The third kappa shape index (κ3) is 7.20. The number of nitrogens with zero attached hydrogens (tertiary/aromatic N) is 2. The van der Waals surface area contributed by atoms with E-state index >= 15 is 0 Å². The van der Waals surface area contributed by atoms with Gasteiger partial charge in [-0.25, -0.2) is 4.79 Å². The Morgan fingerprint density at radius 3 is 2.09 bits per heavy atom. The molecule has 180 valence electrons. The van der Waals surface area contributed by atoms with Gasteiger partial charge in [-0.1, -0.05) is 35.3 Å². The minimum atomic E-state index is -4.70. The second-order valence-corrected chi connectivity index (χ2v) is 8.02. The minimum absolute atomic E-state index is 0.195. The summed E-state index contributed by atoms with van der Waals surface area (Å²) in [5, 5.41) is 0. The Hall–Kier alpha value is -2.59. The van der Waals surface area contributed by atoms with Crippen molar-refractivity contribution in [2.24, 2.45) is 4.99 Å². The molecule has 0 aromatic heterocycles. The maximum atomic E-state index is 13.5. The average Bonchev–Trinajstić information content (AvgIpc) is 2.72. The number of halogens is 7. The molecular weight excluding hydrogens is 494 g/mol. The van der Waals surface area contributed by atoms with Crippen molar-refractivity contribution in [2.45, 2.75) is 37.1 Å². The first-order valence-corrected chi connectivity index (χ1v) is 10.2. The Bertz CT molecular complexity index is 996. The highest BCUT2D eigenvalue weighted by Crippen LogP contribution is 2.33. The number of ether oxygens (including phenoxy) is 2. The van der Waals surface area contributed by atoms with Gasteiger partial charge in [-0.3, -0.25) is 4.90 Å². The van der Waals surface area contributed by atoms with E-state index in [1.54, 1.807) is 13.8 Å². The van der Waals surface area contributed by atoms with Crippen LogP contribution in [0.15, 0.2) is 53.5 Å². The summed E-state index contributed by atoms with van der Waals surface area (Å²) >= 11 is 10.3. The van der Waals surface area contributed by atoms with Crippen LogP contribution in [0.3, 0.4) is 0 Å². The second kappa shape index (κ2) is 10.6. The number of carbonyl (C=O) groups is 1. The molecule has 2 aromatic rings. The first-order chi connectivity index (χ1) is 15.2. The van der Waals surface area contributed by atoms with Crippen molar-refractivity contribution in [1.29, 1.82) is 0 Å². The van der Waals surface area contributed by atoms with Gasteiger partial charge in [-0.05, 0) is 50.2 Å². The number of carbonyl (C=O) groups excluding carboxylic acids is 1. The van der Waals surface area contributed by atoms with Crippen LogP contribution in [0, 0.1) is 0 Å². The maximum Gasteiger partial charge on any atom is 0.428 e. The largest absolute Gasteiger partial charge is 0.474 e. The van der Waals surface area contributed by atoms with Gasteiger partial charge in [0.25, 0.3) is 0 Å². The number of aliphatic imine (C=N–C) groups is 1. The minimum Gasteiger partial charge on any atom is -0.474 e. The number of hydrogen-bond acceptors (Lipinski definition) is 3. The van der Waals surface area contributed by atoms with Crippen LogP contribution in [-0.2, 0) is 10.9 Å². The molecule has 2 amide bonds. The van der Waals surface area contributed by atoms with Crippen molar-refractivity contribution in [1.82, 2.24) is 0 Å². The van der Waals surface area contributed by atoms with Gasteiger partial charge in [-0.15, -0.1) is 0 Å². The quantitative estimate of drug-likeness (QED) is 0.183. The Labute approximate surface area is 196 Å². The third-order valence-electron chi connectivity index (χ3n) is 4.03. The third-order valence-corrected chi connectivity index (χ3v) is 4.53. The van der Waals surface area contributed by atoms with E-state index in [0.717, 1.165) is 29.2 Å². The SMILES string of the molecule is CC(C)O/C(=N\C(=O)N(C)c1ccc(OC(F)(F)C(Cl)Cl)cc1)c1ccccc1C(F)(F)F. The number of hydrogen-bond donors (Lipinski definition) is 0. The zero-order valence-electron chi connectivity index (χ0n) is 17.5. The summed E-state index contributed by atoms with van der Waals surface area (Å²) in [4.78, 5) is 15.3. The molecule has 0 fully saturated rings. The molecule has 0 spiro atoms. The lowest BCUT2D eigenvalue weighted by atomic mass is 10.1. The van der Waals surface area contributed by atoms with Gasteiger partial charge in [0.15, 0.2) is 0 Å². The molecule has 0 saturated heterocycles. The number of urea groups is 1. The predicted molar refractivity (Wildman–Crippen MR) is 116 cm³/mol. The Morgan fingerprint density at radius 1 is 1.00 bits per heavy atom. The van der Waals surface area contributed by atoms with Gasteiger partial charge in [0.1, 0.15) is 5.75 Å². The molecule has 5 nitrogen and oxygen atoms in total. The lowest BCUT2D eigenvalue weighted by Crippen LogP contribution is -2.32. The molecule has 12 heteroatoms. The first kappa shape index (κ1) is 26.7. The average molecular weight is 513 g/mol. The van der Waals surface area contributed by atoms with Gasteiger partial charge >= 0.3 is 18.3 Å². The Morgan fingerprint density at radius 2 is 1.58 bits per heavy atom. The van der Waals surface area contributed by atoms with Crippen LogP contribution in [0.1, 0.15) is 25.0 Å². The van der Waals surface area contributed by atoms with Crippen LogP contribution in [0.2, 0.25) is 0 Å². The molecule has 2 rings (SSSR count). The van der Waals surface area contributed by atoms with E-state index in [4.69, 9.17) is 27.9 Å². The molecule has 0 heterocycles.